The van der Waals surface area contributed by atoms with Crippen molar-refractivity contribution < 1.29 is 15.0 Å². The molecule has 1 amide bonds. The number of allylic oxidation sites excluding steroid dienone is 4. The molecule has 0 saturated carbocycles. The predicted octanol–water partition coefficient (Wildman–Crippen LogP) is 8.56. The lowest BCUT2D eigenvalue weighted by Crippen LogP contribution is -2.45. The molecule has 0 radical (unpaired) electrons. The van der Waals surface area contributed by atoms with Gasteiger partial charge >= 0.3 is 0 Å². The summed E-state index contributed by atoms with van der Waals surface area (Å²) in [6.45, 7) is 4.28. The van der Waals surface area contributed by atoms with Crippen molar-refractivity contribution in [1.82, 2.24) is 5.32 Å². The smallest absolute Gasteiger partial charge is 0.220 e. The van der Waals surface area contributed by atoms with Gasteiger partial charge in [0.05, 0.1) is 18.8 Å². The van der Waals surface area contributed by atoms with E-state index in [0.29, 0.717) is 12.8 Å². The van der Waals surface area contributed by atoms with Gasteiger partial charge in [-0.3, -0.25) is 4.79 Å². The molecule has 3 N–H and O–H groups in total. The molecule has 0 aromatic heterocycles. The van der Waals surface area contributed by atoms with Gasteiger partial charge in [0.2, 0.25) is 5.91 Å². The van der Waals surface area contributed by atoms with Crippen LogP contribution in [0.2, 0.25) is 0 Å². The van der Waals surface area contributed by atoms with E-state index in [2.05, 4.69) is 43.5 Å². The van der Waals surface area contributed by atoms with Crippen LogP contribution in [-0.2, 0) is 4.79 Å². The van der Waals surface area contributed by atoms with Gasteiger partial charge in [0, 0.05) is 6.42 Å². The van der Waals surface area contributed by atoms with Crippen molar-refractivity contribution in [2.75, 3.05) is 6.61 Å². The molecule has 4 nitrogen and oxygen atoms in total. The number of amides is 1. The Hall–Kier alpha value is -1.13. The van der Waals surface area contributed by atoms with Crippen LogP contribution < -0.4 is 5.32 Å². The minimum atomic E-state index is -0.659. The Morgan fingerprint density at radius 1 is 0.667 bits per heavy atom. The first kappa shape index (κ1) is 34.9. The molecular formula is C32H61NO3. The molecule has 2 unspecified atom stereocenters. The lowest BCUT2D eigenvalue weighted by molar-refractivity contribution is -0.123. The Bertz CT molecular complexity index is 518. The van der Waals surface area contributed by atoms with Crippen LogP contribution in [0, 0.1) is 0 Å². The van der Waals surface area contributed by atoms with E-state index >= 15 is 0 Å². The second kappa shape index (κ2) is 28.4. The first-order chi connectivity index (χ1) is 17.7. The third-order valence-electron chi connectivity index (χ3n) is 6.97. The van der Waals surface area contributed by atoms with Crippen molar-refractivity contribution in [1.29, 1.82) is 0 Å². The Kier molecular flexibility index (Phi) is 27.5. The summed E-state index contributed by atoms with van der Waals surface area (Å²) in [5.74, 6) is -0.0506. The van der Waals surface area contributed by atoms with E-state index in [-0.39, 0.29) is 12.5 Å². The van der Waals surface area contributed by atoms with E-state index in [1.165, 1.54) is 83.5 Å². The minimum absolute atomic E-state index is 0.0506. The van der Waals surface area contributed by atoms with Crippen LogP contribution in [0.25, 0.3) is 0 Å². The second-order valence-electron chi connectivity index (χ2n) is 10.5. The molecule has 0 aliphatic heterocycles. The molecule has 4 heteroatoms. The zero-order chi connectivity index (χ0) is 26.5. The first-order valence-electron chi connectivity index (χ1n) is 15.5. The summed E-state index contributed by atoms with van der Waals surface area (Å²) < 4.78 is 0. The topological polar surface area (TPSA) is 69.6 Å². The predicted molar refractivity (Wildman–Crippen MR) is 156 cm³/mol. The van der Waals surface area contributed by atoms with Gasteiger partial charge < -0.3 is 15.5 Å². The monoisotopic (exact) mass is 507 g/mol. The van der Waals surface area contributed by atoms with Gasteiger partial charge in [-0.2, -0.15) is 0 Å². The van der Waals surface area contributed by atoms with Gasteiger partial charge in [0.25, 0.3) is 0 Å². The molecule has 0 aliphatic carbocycles. The molecule has 0 aromatic carbocycles. The Morgan fingerprint density at radius 3 is 1.69 bits per heavy atom. The van der Waals surface area contributed by atoms with Crippen molar-refractivity contribution in [3.8, 4) is 0 Å². The minimum Gasteiger partial charge on any atom is -0.394 e. The number of hydrogen-bond donors (Lipinski definition) is 3. The number of aliphatic hydroxyl groups is 2. The van der Waals surface area contributed by atoms with Crippen LogP contribution >= 0.6 is 0 Å². The summed E-state index contributed by atoms with van der Waals surface area (Å²) in [4.78, 5) is 12.2. The van der Waals surface area contributed by atoms with E-state index in [0.717, 1.165) is 44.9 Å². The molecule has 2 atom stereocenters. The Balaban J connectivity index is 3.63. The molecule has 0 spiro atoms. The van der Waals surface area contributed by atoms with Crippen molar-refractivity contribution in [3.05, 3.63) is 24.3 Å². The summed E-state index contributed by atoms with van der Waals surface area (Å²) in [7, 11) is 0. The number of aliphatic hydroxyl groups excluding tert-OH is 2. The first-order valence-corrected chi connectivity index (χ1v) is 15.5. The van der Waals surface area contributed by atoms with E-state index in [1.807, 2.05) is 0 Å². The van der Waals surface area contributed by atoms with Crippen LogP contribution in [0.1, 0.15) is 155 Å². The SMILES string of the molecule is CCCCCC/C=C\C/C=C\CCCCCCCC(=O)NC(CO)C(O)CCCCCCCCCC. The Labute approximate surface area is 224 Å². The molecule has 0 aromatic rings. The fourth-order valence-corrected chi connectivity index (χ4v) is 4.50. The summed E-state index contributed by atoms with van der Waals surface area (Å²) >= 11 is 0. The van der Waals surface area contributed by atoms with Crippen molar-refractivity contribution in [2.24, 2.45) is 0 Å². The average Bonchev–Trinajstić information content (AvgIpc) is 2.88. The third-order valence-corrected chi connectivity index (χ3v) is 6.97. The summed E-state index contributed by atoms with van der Waals surface area (Å²) in [5, 5.41) is 22.8. The molecule has 212 valence electrons. The number of hydrogen-bond acceptors (Lipinski definition) is 3. The number of nitrogens with one attached hydrogen (secondary N) is 1. The van der Waals surface area contributed by atoms with Gasteiger partial charge in [0.15, 0.2) is 0 Å². The fourth-order valence-electron chi connectivity index (χ4n) is 4.50. The highest BCUT2D eigenvalue weighted by Gasteiger charge is 2.19. The third kappa shape index (κ3) is 24.6. The normalized spacial score (nSPS) is 13.6. The highest BCUT2D eigenvalue weighted by atomic mass is 16.3. The maximum atomic E-state index is 12.2. The molecule has 0 bridgehead atoms. The molecular weight excluding hydrogens is 446 g/mol. The van der Waals surface area contributed by atoms with E-state index < -0.39 is 12.1 Å². The maximum absolute atomic E-state index is 12.2. The number of rotatable bonds is 27. The van der Waals surface area contributed by atoms with Gasteiger partial charge in [-0.25, -0.2) is 0 Å². The molecule has 0 heterocycles. The van der Waals surface area contributed by atoms with E-state index in [1.54, 1.807) is 0 Å². The quantitative estimate of drug-likeness (QED) is 0.0770. The highest BCUT2D eigenvalue weighted by Crippen LogP contribution is 2.13. The molecule has 0 fully saturated rings. The number of carbonyl (C=O) groups excluding carboxylic acids is 1. The van der Waals surface area contributed by atoms with Gasteiger partial charge in [-0.15, -0.1) is 0 Å². The lowest BCUT2D eigenvalue weighted by Gasteiger charge is -2.22. The zero-order valence-electron chi connectivity index (χ0n) is 24.0. The number of carbonyl (C=O) groups is 1. The molecule has 0 rings (SSSR count). The van der Waals surface area contributed by atoms with E-state index in [9.17, 15) is 15.0 Å². The van der Waals surface area contributed by atoms with Crippen LogP contribution in [0.15, 0.2) is 24.3 Å². The van der Waals surface area contributed by atoms with Crippen LogP contribution in [0.3, 0.4) is 0 Å². The summed E-state index contributed by atoms with van der Waals surface area (Å²) in [6.07, 6.45) is 33.6. The zero-order valence-corrected chi connectivity index (χ0v) is 24.0. The van der Waals surface area contributed by atoms with Crippen LogP contribution in [-0.4, -0.2) is 34.9 Å². The van der Waals surface area contributed by atoms with Crippen molar-refractivity contribution in [3.63, 3.8) is 0 Å². The largest absolute Gasteiger partial charge is 0.394 e. The standard InChI is InChI=1S/C32H61NO3/c1-3-5-7-9-11-13-14-15-16-17-18-19-20-22-24-26-28-32(36)33-30(29-34)31(35)27-25-23-21-12-10-8-6-4-2/h13-14,16-17,30-31,34-35H,3-12,15,18-29H2,1-2H3,(H,33,36)/b14-13-,17-16-. The van der Waals surface area contributed by atoms with Gasteiger partial charge in [0.1, 0.15) is 0 Å². The Morgan fingerprint density at radius 2 is 1.14 bits per heavy atom. The lowest BCUT2D eigenvalue weighted by atomic mass is 10.0. The van der Waals surface area contributed by atoms with Gasteiger partial charge in [-0.1, -0.05) is 128 Å². The summed E-state index contributed by atoms with van der Waals surface area (Å²) in [6, 6.07) is -0.537. The highest BCUT2D eigenvalue weighted by molar-refractivity contribution is 5.76. The average molecular weight is 508 g/mol. The van der Waals surface area contributed by atoms with E-state index in [4.69, 9.17) is 0 Å². The molecule has 0 saturated heterocycles. The summed E-state index contributed by atoms with van der Waals surface area (Å²) in [5.41, 5.74) is 0. The van der Waals surface area contributed by atoms with Crippen LogP contribution in [0.5, 0.6) is 0 Å². The van der Waals surface area contributed by atoms with Crippen molar-refractivity contribution >= 4 is 5.91 Å². The number of unbranched alkanes of at least 4 members (excludes halogenated alkanes) is 16. The fraction of sp³-hybridized carbons (Fsp3) is 0.844. The maximum Gasteiger partial charge on any atom is 0.220 e. The van der Waals surface area contributed by atoms with Crippen molar-refractivity contribution in [2.45, 2.75) is 167 Å². The second-order valence-corrected chi connectivity index (χ2v) is 10.5. The van der Waals surface area contributed by atoms with Crippen LogP contribution in [0.4, 0.5) is 0 Å². The molecule has 36 heavy (non-hydrogen) atoms. The molecule has 0 aliphatic rings. The van der Waals surface area contributed by atoms with Gasteiger partial charge in [-0.05, 0) is 44.9 Å².